The van der Waals surface area contributed by atoms with Crippen LogP contribution in [0.5, 0.6) is 0 Å². The Balaban J connectivity index is 0.00000210. The van der Waals surface area contributed by atoms with Gasteiger partial charge >= 0.3 is 0 Å². The Morgan fingerprint density at radius 2 is 1.51 bits per heavy atom. The zero-order valence-electron chi connectivity index (χ0n) is 23.9. The minimum Gasteiger partial charge on any atom is -0.369 e. The topological polar surface area (TPSA) is 13.0 Å². The summed E-state index contributed by atoms with van der Waals surface area (Å²) in [5.74, 6) is 0.673. The van der Waals surface area contributed by atoms with E-state index in [2.05, 4.69) is 110 Å². The minimum absolute atomic E-state index is 0.519. The molecule has 1 fully saturated rings. The van der Waals surface area contributed by atoms with Crippen LogP contribution in [0.3, 0.4) is 0 Å². The lowest BCUT2D eigenvalue weighted by Gasteiger charge is -2.38. The number of hydrogen-bond donors (Lipinski definition) is 0. The van der Waals surface area contributed by atoms with Crippen LogP contribution in [-0.4, -0.2) is 74.6 Å². The van der Waals surface area contributed by atoms with E-state index in [0.717, 1.165) is 52.2 Å². The minimum atomic E-state index is 0.519. The van der Waals surface area contributed by atoms with E-state index in [4.69, 9.17) is 0 Å². The third-order valence-corrected chi connectivity index (χ3v) is 6.83. The van der Waals surface area contributed by atoms with Crippen LogP contribution in [0.25, 0.3) is 0 Å². The number of rotatable bonds is 11. The van der Waals surface area contributed by atoms with Gasteiger partial charge in [-0.3, -0.25) is 4.90 Å². The van der Waals surface area contributed by atoms with Crippen molar-refractivity contribution in [2.75, 3.05) is 58.8 Å². The molecule has 1 aliphatic rings. The molecule has 1 saturated heterocycles. The summed E-state index contributed by atoms with van der Waals surface area (Å²) in [6.07, 6.45) is 2.30. The van der Waals surface area contributed by atoms with E-state index in [1.165, 1.54) is 28.8 Å². The van der Waals surface area contributed by atoms with Crippen LogP contribution in [0, 0.1) is 5.92 Å². The van der Waals surface area contributed by atoms with Gasteiger partial charge in [0.25, 0.3) is 0 Å². The van der Waals surface area contributed by atoms with E-state index in [-0.39, 0.29) is 0 Å². The second-order valence-corrected chi connectivity index (χ2v) is 10.5. The van der Waals surface area contributed by atoms with Crippen molar-refractivity contribution >= 4 is 5.69 Å². The predicted octanol–water partition coefficient (Wildman–Crippen LogP) is 6.01. The van der Waals surface area contributed by atoms with Gasteiger partial charge < -0.3 is 14.7 Å². The molecule has 0 spiro atoms. The summed E-state index contributed by atoms with van der Waals surface area (Å²) in [6.45, 7) is 18.5. The highest BCUT2D eigenvalue weighted by atomic mass is 15.3. The maximum Gasteiger partial charge on any atom is 0.0412 e. The Labute approximate surface area is 216 Å². The van der Waals surface area contributed by atoms with Gasteiger partial charge in [-0.1, -0.05) is 77.1 Å². The fourth-order valence-electron chi connectivity index (χ4n) is 5.02. The molecule has 0 aromatic heterocycles. The van der Waals surface area contributed by atoms with E-state index in [1.54, 1.807) is 0 Å². The number of hydrogen-bond acceptors (Lipinski definition) is 4. The first-order chi connectivity index (χ1) is 16.9. The van der Waals surface area contributed by atoms with Crippen LogP contribution in [0.15, 0.2) is 48.5 Å². The van der Waals surface area contributed by atoms with Crippen LogP contribution >= 0.6 is 0 Å². The van der Waals surface area contributed by atoms with Gasteiger partial charge in [-0.2, -0.15) is 0 Å². The Hall–Kier alpha value is -1.88. The normalized spacial score (nSPS) is 15.5. The van der Waals surface area contributed by atoms with Crippen molar-refractivity contribution < 1.29 is 0 Å². The molecule has 0 radical (unpaired) electrons. The van der Waals surface area contributed by atoms with Gasteiger partial charge in [0.15, 0.2) is 0 Å². The second kappa shape index (κ2) is 15.3. The summed E-state index contributed by atoms with van der Waals surface area (Å²) in [5, 5.41) is 0. The molecular formula is C31H52N4. The molecule has 0 aliphatic carbocycles. The Morgan fingerprint density at radius 1 is 0.857 bits per heavy atom. The molecule has 1 atom stereocenters. The summed E-state index contributed by atoms with van der Waals surface area (Å²) in [5.41, 5.74) is 5.74. The van der Waals surface area contributed by atoms with Gasteiger partial charge in [-0.05, 0) is 62.7 Å². The molecule has 196 valence electrons. The number of aryl methyl sites for hydroxylation is 1. The first-order valence-corrected chi connectivity index (χ1v) is 13.8. The van der Waals surface area contributed by atoms with Crippen LogP contribution in [0.4, 0.5) is 5.69 Å². The van der Waals surface area contributed by atoms with Crippen LogP contribution in [0.1, 0.15) is 57.7 Å². The van der Waals surface area contributed by atoms with Crippen molar-refractivity contribution in [2.24, 2.45) is 5.92 Å². The quantitative estimate of drug-likeness (QED) is 0.391. The zero-order chi connectivity index (χ0) is 25.8. The SMILES string of the molecule is CC.CCc1cccc(CN(Cc2ccccc2N2CCN(C)CC2)[C@@H](CC(C)C)CN(C)C)c1. The molecule has 1 heterocycles. The fourth-order valence-corrected chi connectivity index (χ4v) is 5.02. The Kier molecular flexibility index (Phi) is 12.8. The average molecular weight is 481 g/mol. The number of likely N-dealkylation sites (N-methyl/N-ethyl adjacent to an activating group) is 2. The largest absolute Gasteiger partial charge is 0.369 e. The molecule has 0 amide bonds. The standard InChI is InChI=1S/C29H46N4.C2H6/c1-7-25-11-10-12-26(20-25)21-33(28(19-24(2)3)23-30(4)5)22-27-13-8-9-14-29(27)32-17-15-31(6)16-18-32;1-2/h8-14,20,24,28H,7,15-19,21-23H2,1-6H3;1-2H3/t28-;/m0./s1. The van der Waals surface area contributed by atoms with E-state index in [1.807, 2.05) is 13.8 Å². The summed E-state index contributed by atoms with van der Waals surface area (Å²) in [4.78, 5) is 10.1. The molecule has 4 heteroatoms. The van der Waals surface area contributed by atoms with Crippen molar-refractivity contribution in [3.63, 3.8) is 0 Å². The zero-order valence-corrected chi connectivity index (χ0v) is 23.9. The summed E-state index contributed by atoms with van der Waals surface area (Å²) in [6, 6.07) is 18.8. The molecule has 2 aromatic rings. The smallest absolute Gasteiger partial charge is 0.0412 e. The molecule has 0 N–H and O–H groups in total. The summed E-state index contributed by atoms with van der Waals surface area (Å²) >= 11 is 0. The first kappa shape index (κ1) is 29.4. The van der Waals surface area contributed by atoms with Gasteiger partial charge in [0.2, 0.25) is 0 Å². The van der Waals surface area contributed by atoms with Crippen LogP contribution < -0.4 is 4.90 Å². The van der Waals surface area contributed by atoms with Crippen LogP contribution in [0.2, 0.25) is 0 Å². The van der Waals surface area contributed by atoms with Gasteiger partial charge in [0.1, 0.15) is 0 Å². The van der Waals surface area contributed by atoms with Crippen LogP contribution in [-0.2, 0) is 19.5 Å². The molecular weight excluding hydrogens is 428 g/mol. The fraction of sp³-hybridized carbons (Fsp3) is 0.613. The van der Waals surface area contributed by atoms with Crippen molar-refractivity contribution in [1.82, 2.24) is 14.7 Å². The van der Waals surface area contributed by atoms with Gasteiger partial charge in [-0.15, -0.1) is 0 Å². The van der Waals surface area contributed by atoms with E-state index in [9.17, 15) is 0 Å². The van der Waals surface area contributed by atoms with Crippen molar-refractivity contribution in [3.8, 4) is 0 Å². The van der Waals surface area contributed by atoms with E-state index >= 15 is 0 Å². The van der Waals surface area contributed by atoms with Gasteiger partial charge in [0, 0.05) is 57.5 Å². The lowest BCUT2D eigenvalue weighted by Crippen LogP contribution is -2.45. The highest BCUT2D eigenvalue weighted by Crippen LogP contribution is 2.26. The van der Waals surface area contributed by atoms with Gasteiger partial charge in [-0.25, -0.2) is 0 Å². The Bertz CT molecular complexity index is 829. The lowest BCUT2D eigenvalue weighted by molar-refractivity contribution is 0.127. The maximum absolute atomic E-state index is 2.74. The second-order valence-electron chi connectivity index (χ2n) is 10.5. The van der Waals surface area contributed by atoms with E-state index < -0.39 is 0 Å². The molecule has 0 unspecified atom stereocenters. The molecule has 1 aliphatic heterocycles. The molecule has 2 aromatic carbocycles. The molecule has 0 saturated carbocycles. The van der Waals surface area contributed by atoms with Gasteiger partial charge in [0.05, 0.1) is 0 Å². The van der Waals surface area contributed by atoms with Crippen molar-refractivity contribution in [1.29, 1.82) is 0 Å². The summed E-state index contributed by atoms with van der Waals surface area (Å²) < 4.78 is 0. The maximum atomic E-state index is 2.74. The number of anilines is 1. The predicted molar refractivity (Wildman–Crippen MR) is 154 cm³/mol. The highest BCUT2D eigenvalue weighted by Gasteiger charge is 2.24. The number of benzene rings is 2. The summed E-state index contributed by atoms with van der Waals surface area (Å²) in [7, 11) is 6.65. The average Bonchev–Trinajstić information content (AvgIpc) is 2.85. The number of piperazine rings is 1. The molecule has 3 rings (SSSR count). The van der Waals surface area contributed by atoms with E-state index in [0.29, 0.717) is 12.0 Å². The number of para-hydroxylation sites is 1. The molecule has 4 nitrogen and oxygen atoms in total. The highest BCUT2D eigenvalue weighted by molar-refractivity contribution is 5.54. The Morgan fingerprint density at radius 3 is 2.14 bits per heavy atom. The third-order valence-electron chi connectivity index (χ3n) is 6.83. The van der Waals surface area contributed by atoms with Crippen molar-refractivity contribution in [3.05, 3.63) is 65.2 Å². The monoisotopic (exact) mass is 480 g/mol. The first-order valence-electron chi connectivity index (χ1n) is 13.8. The number of nitrogens with zero attached hydrogens (tertiary/aromatic N) is 4. The lowest BCUT2D eigenvalue weighted by atomic mass is 9.99. The molecule has 0 bridgehead atoms. The third kappa shape index (κ3) is 9.59. The van der Waals surface area contributed by atoms with Crippen molar-refractivity contribution in [2.45, 2.75) is 66.6 Å². The molecule has 35 heavy (non-hydrogen) atoms.